The van der Waals surface area contributed by atoms with E-state index in [0.29, 0.717) is 0 Å². The highest BCUT2D eigenvalue weighted by molar-refractivity contribution is 8.67. The van der Waals surface area contributed by atoms with E-state index in [2.05, 4.69) is 31.9 Å². The van der Waals surface area contributed by atoms with Crippen molar-refractivity contribution in [2.45, 2.75) is 6.54 Å². The lowest BCUT2D eigenvalue weighted by molar-refractivity contribution is 0.188. The summed E-state index contributed by atoms with van der Waals surface area (Å²) >= 11 is 4.22. The highest BCUT2D eigenvalue weighted by atomic mass is 33.1. The minimum Gasteiger partial charge on any atom is -0.481 e. The van der Waals surface area contributed by atoms with Gasteiger partial charge in [0.1, 0.15) is 0 Å². The number of hydrogen-bond donors (Lipinski definition) is 1. The van der Waals surface area contributed by atoms with Gasteiger partial charge < -0.3 is 4.74 Å². The van der Waals surface area contributed by atoms with Crippen LogP contribution in [0.1, 0.15) is 5.56 Å². The van der Waals surface area contributed by atoms with Gasteiger partial charge in [-0.05, 0) is 17.0 Å². The van der Waals surface area contributed by atoms with Crippen LogP contribution >= 0.6 is 22.6 Å². The van der Waals surface area contributed by atoms with E-state index in [1.54, 1.807) is 13.3 Å². The van der Waals surface area contributed by atoms with E-state index < -0.39 is 0 Å². The molecule has 0 atom stereocenters. The molecule has 0 radical (unpaired) electrons. The second-order valence-corrected chi connectivity index (χ2v) is 5.13. The summed E-state index contributed by atoms with van der Waals surface area (Å²) in [5, 5.41) is 0. The lowest BCUT2D eigenvalue weighted by atomic mass is 10.2. The van der Waals surface area contributed by atoms with Gasteiger partial charge in [-0.2, -0.15) is 0 Å². The van der Waals surface area contributed by atoms with Crippen molar-refractivity contribution in [1.82, 2.24) is 14.2 Å². The molecule has 0 aromatic carbocycles. The van der Waals surface area contributed by atoms with Crippen LogP contribution in [0.15, 0.2) is 18.3 Å². The highest BCUT2D eigenvalue weighted by Crippen LogP contribution is 2.20. The van der Waals surface area contributed by atoms with Crippen molar-refractivity contribution in [3.05, 3.63) is 23.9 Å². The quantitative estimate of drug-likeness (QED) is 0.511. The van der Waals surface area contributed by atoms with Gasteiger partial charge >= 0.3 is 0 Å². The van der Waals surface area contributed by atoms with Gasteiger partial charge in [0.15, 0.2) is 0 Å². The summed E-state index contributed by atoms with van der Waals surface area (Å²) < 4.78 is 7.53. The second-order valence-electron chi connectivity index (χ2n) is 3.96. The Morgan fingerprint density at radius 1 is 1.41 bits per heavy atom. The van der Waals surface area contributed by atoms with Crippen LogP contribution in [0.3, 0.4) is 0 Å². The van der Waals surface area contributed by atoms with Gasteiger partial charge in [-0.3, -0.25) is 4.90 Å². The fourth-order valence-electron chi connectivity index (χ4n) is 1.94. The number of piperazine rings is 1. The normalized spacial score (nSPS) is 18.2. The largest absolute Gasteiger partial charge is 0.481 e. The summed E-state index contributed by atoms with van der Waals surface area (Å²) in [5.74, 6) is 0.735. The minimum absolute atomic E-state index is 0.735. The molecule has 0 N–H and O–H groups in total. The fraction of sp³-hybridized carbons (Fsp3) is 0.545. The van der Waals surface area contributed by atoms with Crippen molar-refractivity contribution in [3.63, 3.8) is 0 Å². The van der Waals surface area contributed by atoms with E-state index in [1.807, 2.05) is 6.07 Å². The van der Waals surface area contributed by atoms with Crippen LogP contribution in [0.5, 0.6) is 5.88 Å². The van der Waals surface area contributed by atoms with Gasteiger partial charge in [-0.1, -0.05) is 17.7 Å². The molecule has 17 heavy (non-hydrogen) atoms. The zero-order valence-electron chi connectivity index (χ0n) is 9.87. The third-order valence-electron chi connectivity index (χ3n) is 2.88. The number of nitrogens with zero attached hydrogens (tertiary/aromatic N) is 3. The van der Waals surface area contributed by atoms with E-state index in [-0.39, 0.29) is 0 Å². The summed E-state index contributed by atoms with van der Waals surface area (Å²) in [6, 6.07) is 4.03. The van der Waals surface area contributed by atoms with E-state index >= 15 is 0 Å². The lowest BCUT2D eigenvalue weighted by Crippen LogP contribution is -2.42. The van der Waals surface area contributed by atoms with Crippen LogP contribution in [0, 0.1) is 0 Å². The van der Waals surface area contributed by atoms with Crippen LogP contribution in [-0.2, 0) is 6.54 Å². The molecule has 2 rings (SSSR count). The van der Waals surface area contributed by atoms with Crippen molar-refractivity contribution in [2.75, 3.05) is 33.3 Å². The molecule has 1 aliphatic rings. The predicted molar refractivity (Wildman–Crippen MR) is 74.2 cm³/mol. The number of rotatable bonds is 4. The Balaban J connectivity index is 1.93. The molecular weight excluding hydrogens is 254 g/mol. The number of ether oxygens (including phenoxy) is 1. The molecule has 1 saturated heterocycles. The number of thiol groups is 1. The van der Waals surface area contributed by atoms with Crippen LogP contribution < -0.4 is 4.74 Å². The summed E-state index contributed by atoms with van der Waals surface area (Å²) in [7, 11) is 3.19. The molecule has 1 aromatic rings. The second kappa shape index (κ2) is 6.49. The monoisotopic (exact) mass is 271 g/mol. The molecule has 0 spiro atoms. The van der Waals surface area contributed by atoms with Gasteiger partial charge in [0.05, 0.1) is 7.11 Å². The first kappa shape index (κ1) is 13.0. The van der Waals surface area contributed by atoms with Crippen molar-refractivity contribution >= 4 is 22.6 Å². The summed E-state index contributed by atoms with van der Waals surface area (Å²) in [4.78, 5) is 6.63. The zero-order valence-corrected chi connectivity index (χ0v) is 11.6. The van der Waals surface area contributed by atoms with Gasteiger partial charge in [-0.25, -0.2) is 9.29 Å². The van der Waals surface area contributed by atoms with Crippen LogP contribution in [0.4, 0.5) is 0 Å². The molecule has 0 aliphatic carbocycles. The molecule has 0 amide bonds. The molecule has 1 aromatic heterocycles. The Morgan fingerprint density at radius 2 is 2.18 bits per heavy atom. The first-order valence-electron chi connectivity index (χ1n) is 5.60. The average Bonchev–Trinajstić information content (AvgIpc) is 2.40. The average molecular weight is 271 g/mol. The Hall–Kier alpha value is -0.430. The van der Waals surface area contributed by atoms with E-state index in [1.165, 1.54) is 11.0 Å². The summed E-state index contributed by atoms with van der Waals surface area (Å²) in [6.45, 7) is 5.13. The predicted octanol–water partition coefficient (Wildman–Crippen LogP) is 1.70. The SMILES string of the molecule is COc1ncccc1CN1CCN(SS)CC1. The number of hydrogen-bond acceptors (Lipinski definition) is 6. The molecule has 1 aliphatic heterocycles. The maximum absolute atomic E-state index is 5.26. The third kappa shape index (κ3) is 3.51. The number of methoxy groups -OCH3 is 1. The Kier molecular flexibility index (Phi) is 4.97. The molecule has 4 nitrogen and oxygen atoms in total. The third-order valence-corrected chi connectivity index (χ3v) is 4.17. The van der Waals surface area contributed by atoms with Crippen LogP contribution in [0.2, 0.25) is 0 Å². The first-order chi connectivity index (χ1) is 8.33. The van der Waals surface area contributed by atoms with Gasteiger partial charge in [-0.15, -0.1) is 0 Å². The van der Waals surface area contributed by atoms with Gasteiger partial charge in [0, 0.05) is 44.5 Å². The molecule has 94 valence electrons. The maximum atomic E-state index is 5.26. The molecular formula is C11H17N3OS2. The van der Waals surface area contributed by atoms with Gasteiger partial charge in [0.2, 0.25) is 5.88 Å². The first-order valence-corrected chi connectivity index (χ1v) is 7.43. The van der Waals surface area contributed by atoms with E-state index in [4.69, 9.17) is 4.74 Å². The molecule has 2 heterocycles. The van der Waals surface area contributed by atoms with E-state index in [9.17, 15) is 0 Å². The number of aromatic nitrogens is 1. The number of pyridine rings is 1. The highest BCUT2D eigenvalue weighted by Gasteiger charge is 2.17. The molecule has 0 bridgehead atoms. The van der Waals surface area contributed by atoms with Crippen LogP contribution in [0.25, 0.3) is 0 Å². The van der Waals surface area contributed by atoms with Crippen LogP contribution in [-0.4, -0.2) is 47.5 Å². The topological polar surface area (TPSA) is 28.6 Å². The molecule has 6 heteroatoms. The smallest absolute Gasteiger partial charge is 0.217 e. The summed E-state index contributed by atoms with van der Waals surface area (Å²) in [5.41, 5.74) is 1.15. The Morgan fingerprint density at radius 3 is 2.82 bits per heavy atom. The van der Waals surface area contributed by atoms with Crippen molar-refractivity contribution in [3.8, 4) is 5.88 Å². The molecule has 0 saturated carbocycles. The van der Waals surface area contributed by atoms with Gasteiger partial charge in [0.25, 0.3) is 0 Å². The lowest BCUT2D eigenvalue weighted by Gasteiger charge is -2.32. The standard InChI is InChI=1S/C11H17N3OS2/c1-15-11-10(3-2-4-12-11)9-13-5-7-14(17-16)8-6-13/h2-4,16H,5-9H2,1H3. The Labute approximate surface area is 111 Å². The summed E-state index contributed by atoms with van der Waals surface area (Å²) in [6.07, 6.45) is 1.76. The van der Waals surface area contributed by atoms with Crippen molar-refractivity contribution < 1.29 is 4.74 Å². The van der Waals surface area contributed by atoms with Crippen molar-refractivity contribution in [2.24, 2.45) is 0 Å². The van der Waals surface area contributed by atoms with E-state index in [0.717, 1.165) is 44.2 Å². The molecule has 0 unspecified atom stereocenters. The Bertz CT molecular complexity index is 356. The van der Waals surface area contributed by atoms with Crippen molar-refractivity contribution in [1.29, 1.82) is 0 Å². The zero-order chi connectivity index (χ0) is 12.1. The molecule has 1 fully saturated rings. The fourth-order valence-corrected chi connectivity index (χ4v) is 2.75. The maximum Gasteiger partial charge on any atom is 0.217 e. The minimum atomic E-state index is 0.735.